The van der Waals surface area contributed by atoms with E-state index < -0.39 is 35.9 Å². The van der Waals surface area contributed by atoms with Crippen molar-refractivity contribution in [3.05, 3.63) is 18.5 Å². The highest BCUT2D eigenvalue weighted by atomic mass is 19.3. The van der Waals surface area contributed by atoms with Gasteiger partial charge in [-0.3, -0.25) is 9.48 Å². The van der Waals surface area contributed by atoms with Crippen LogP contribution in [-0.2, 0) is 9.53 Å². The molecule has 2 aliphatic rings. The quantitative estimate of drug-likeness (QED) is 0.859. The summed E-state index contributed by atoms with van der Waals surface area (Å²) >= 11 is 0. The van der Waals surface area contributed by atoms with Gasteiger partial charge in [0, 0.05) is 31.5 Å². The van der Waals surface area contributed by atoms with Crippen LogP contribution in [0.1, 0.15) is 25.3 Å². The van der Waals surface area contributed by atoms with E-state index in [1.165, 1.54) is 4.68 Å². The largest absolute Gasteiger partial charge is 0.391 e. The number of hydrogen-bond acceptors (Lipinski definition) is 4. The summed E-state index contributed by atoms with van der Waals surface area (Å²) < 4.78 is 35.0. The summed E-state index contributed by atoms with van der Waals surface area (Å²) in [4.78, 5) is 12.0. The van der Waals surface area contributed by atoms with E-state index in [2.05, 4.69) is 10.4 Å². The van der Waals surface area contributed by atoms with Crippen LogP contribution in [0.3, 0.4) is 0 Å². The van der Waals surface area contributed by atoms with Gasteiger partial charge in [0.25, 0.3) is 5.91 Å². The number of ether oxygens (including phenoxy) is 1. The number of alkyl halides is 2. The summed E-state index contributed by atoms with van der Waals surface area (Å²) in [5, 5.41) is 16.2. The third kappa shape index (κ3) is 2.72. The van der Waals surface area contributed by atoms with Crippen LogP contribution in [0.2, 0.25) is 0 Å². The number of aliphatic hydroxyl groups is 1. The van der Waals surface area contributed by atoms with E-state index in [1.807, 2.05) is 0 Å². The molecule has 1 aliphatic carbocycles. The Balaban J connectivity index is 1.63. The first-order chi connectivity index (χ1) is 10.5. The second kappa shape index (κ2) is 5.92. The molecule has 2 fully saturated rings. The molecule has 0 radical (unpaired) electrons. The average molecular weight is 315 g/mol. The van der Waals surface area contributed by atoms with Crippen LogP contribution in [0.25, 0.3) is 0 Å². The molecular weight excluding hydrogens is 296 g/mol. The van der Waals surface area contributed by atoms with E-state index >= 15 is 0 Å². The zero-order valence-corrected chi connectivity index (χ0v) is 12.0. The van der Waals surface area contributed by atoms with Gasteiger partial charge in [-0.05, 0) is 25.3 Å². The van der Waals surface area contributed by atoms with E-state index in [9.17, 15) is 18.7 Å². The first-order valence-corrected chi connectivity index (χ1v) is 7.44. The fraction of sp³-hybridized carbons (Fsp3) is 0.714. The Hall–Kier alpha value is -1.54. The van der Waals surface area contributed by atoms with E-state index in [0.717, 1.165) is 0 Å². The number of rotatable bonds is 4. The molecule has 2 N–H and O–H groups in total. The minimum atomic E-state index is -3.42. The molecule has 0 aromatic carbocycles. The van der Waals surface area contributed by atoms with Crippen LogP contribution in [-0.4, -0.2) is 52.1 Å². The molecule has 1 saturated heterocycles. The van der Waals surface area contributed by atoms with E-state index in [4.69, 9.17) is 4.74 Å². The second-order valence-corrected chi connectivity index (χ2v) is 5.87. The summed E-state index contributed by atoms with van der Waals surface area (Å²) in [5.74, 6) is -5.68. The van der Waals surface area contributed by atoms with Crippen molar-refractivity contribution in [3.8, 4) is 0 Å². The second-order valence-electron chi connectivity index (χ2n) is 5.87. The number of aromatic nitrogens is 2. The van der Waals surface area contributed by atoms with Crippen molar-refractivity contribution in [2.45, 2.75) is 43.4 Å². The summed E-state index contributed by atoms with van der Waals surface area (Å²) in [6, 6.07) is 0.651. The monoisotopic (exact) mass is 315 g/mol. The van der Waals surface area contributed by atoms with Crippen molar-refractivity contribution in [3.63, 3.8) is 0 Å². The minimum Gasteiger partial charge on any atom is -0.391 e. The fourth-order valence-corrected chi connectivity index (χ4v) is 3.08. The van der Waals surface area contributed by atoms with Gasteiger partial charge in [0.05, 0.1) is 18.2 Å². The predicted molar refractivity (Wildman–Crippen MR) is 72.3 cm³/mol. The Labute approximate surface area is 126 Å². The Morgan fingerprint density at radius 3 is 2.73 bits per heavy atom. The third-order valence-corrected chi connectivity index (χ3v) is 4.49. The maximum Gasteiger partial charge on any atom is 0.327 e. The third-order valence-electron chi connectivity index (χ3n) is 4.49. The van der Waals surface area contributed by atoms with Gasteiger partial charge < -0.3 is 15.2 Å². The van der Waals surface area contributed by atoms with Gasteiger partial charge in [-0.2, -0.15) is 13.9 Å². The lowest BCUT2D eigenvalue weighted by molar-refractivity contribution is -0.162. The van der Waals surface area contributed by atoms with Crippen LogP contribution in [0.5, 0.6) is 0 Å². The van der Waals surface area contributed by atoms with Gasteiger partial charge in [0.15, 0.2) is 0 Å². The molecule has 122 valence electrons. The lowest BCUT2D eigenvalue weighted by atomic mass is 9.82. The Bertz CT molecular complexity index is 517. The summed E-state index contributed by atoms with van der Waals surface area (Å²) in [6.45, 7) is 0.511. The van der Waals surface area contributed by atoms with Crippen molar-refractivity contribution in [1.29, 1.82) is 0 Å². The molecule has 1 amide bonds. The minimum absolute atomic E-state index is 0.177. The smallest absolute Gasteiger partial charge is 0.327 e. The molecule has 0 unspecified atom stereocenters. The molecule has 3 atom stereocenters. The number of amides is 1. The molecule has 3 rings (SSSR count). The van der Waals surface area contributed by atoms with Gasteiger partial charge in [0.1, 0.15) is 0 Å². The highest BCUT2D eigenvalue weighted by Gasteiger charge is 2.51. The van der Waals surface area contributed by atoms with Crippen LogP contribution >= 0.6 is 0 Å². The van der Waals surface area contributed by atoms with Gasteiger partial charge in [0.2, 0.25) is 0 Å². The lowest BCUT2D eigenvalue weighted by Crippen LogP contribution is -2.60. The maximum atomic E-state index is 14.2. The highest BCUT2D eigenvalue weighted by molar-refractivity contribution is 5.84. The molecular formula is C14H19F2N3O3. The molecule has 8 heteroatoms. The maximum absolute atomic E-state index is 14.2. The first-order valence-electron chi connectivity index (χ1n) is 7.44. The van der Waals surface area contributed by atoms with Gasteiger partial charge in [-0.15, -0.1) is 0 Å². The molecule has 0 spiro atoms. The number of nitrogens with one attached hydrogen (secondary N) is 1. The Kier molecular flexibility index (Phi) is 4.14. The molecule has 0 bridgehead atoms. The average Bonchev–Trinajstić information content (AvgIpc) is 3.00. The standard InChI is InChI=1S/C14H19F2N3O3/c15-14(16,9-2-6-22-7-3-9)13(21)18-10-8-11(20)12(10)19-5-1-4-17-19/h1,4-5,9-12,20H,2-3,6-8H2,(H,18,21)/t10-,11+,12+/m0/s1. The van der Waals surface area contributed by atoms with Crippen LogP contribution in [0, 0.1) is 5.92 Å². The van der Waals surface area contributed by atoms with E-state index in [-0.39, 0.29) is 32.5 Å². The number of hydrogen-bond donors (Lipinski definition) is 2. The number of halogens is 2. The molecule has 1 aromatic rings. The molecule has 22 heavy (non-hydrogen) atoms. The fourth-order valence-electron chi connectivity index (χ4n) is 3.08. The van der Waals surface area contributed by atoms with Crippen molar-refractivity contribution >= 4 is 5.91 Å². The number of carbonyl (C=O) groups is 1. The molecule has 1 aromatic heterocycles. The van der Waals surface area contributed by atoms with Crippen molar-refractivity contribution in [2.24, 2.45) is 5.92 Å². The van der Waals surface area contributed by atoms with Crippen LogP contribution in [0.4, 0.5) is 8.78 Å². The first kappa shape index (κ1) is 15.4. The SMILES string of the molecule is O=C(N[C@H]1C[C@@H](O)[C@@H]1n1cccn1)C(F)(F)C1CCOCC1. The van der Waals surface area contributed by atoms with Gasteiger partial charge in [-0.1, -0.05) is 0 Å². The molecule has 1 aliphatic heterocycles. The Morgan fingerprint density at radius 2 is 2.14 bits per heavy atom. The molecule has 2 heterocycles. The summed E-state index contributed by atoms with van der Waals surface area (Å²) in [5.41, 5.74) is 0. The normalized spacial score (nSPS) is 29.9. The Morgan fingerprint density at radius 1 is 1.41 bits per heavy atom. The van der Waals surface area contributed by atoms with Gasteiger partial charge >= 0.3 is 5.92 Å². The van der Waals surface area contributed by atoms with Gasteiger partial charge in [-0.25, -0.2) is 0 Å². The zero-order valence-electron chi connectivity index (χ0n) is 12.0. The topological polar surface area (TPSA) is 76.4 Å². The van der Waals surface area contributed by atoms with Crippen molar-refractivity contribution in [2.75, 3.05) is 13.2 Å². The van der Waals surface area contributed by atoms with Crippen molar-refractivity contribution in [1.82, 2.24) is 15.1 Å². The van der Waals surface area contributed by atoms with E-state index in [0.29, 0.717) is 0 Å². The summed E-state index contributed by atoms with van der Waals surface area (Å²) in [7, 11) is 0. The zero-order chi connectivity index (χ0) is 15.7. The predicted octanol–water partition coefficient (Wildman–Crippen LogP) is 0.735. The van der Waals surface area contributed by atoms with E-state index in [1.54, 1.807) is 18.5 Å². The van der Waals surface area contributed by atoms with Crippen LogP contribution in [0.15, 0.2) is 18.5 Å². The lowest BCUT2D eigenvalue weighted by Gasteiger charge is -2.42. The number of carbonyl (C=O) groups excluding carboxylic acids is 1. The number of nitrogens with zero attached hydrogens (tertiary/aromatic N) is 2. The molecule has 1 saturated carbocycles. The molecule has 6 nitrogen and oxygen atoms in total. The van der Waals surface area contributed by atoms with Crippen molar-refractivity contribution < 1.29 is 23.4 Å². The number of aliphatic hydroxyl groups excluding tert-OH is 1. The highest BCUT2D eigenvalue weighted by Crippen LogP contribution is 2.36. The van der Waals surface area contributed by atoms with Crippen LogP contribution < -0.4 is 5.32 Å². The summed E-state index contributed by atoms with van der Waals surface area (Å²) in [6.07, 6.45) is 3.10.